The van der Waals surface area contributed by atoms with Crippen LogP contribution in [0.3, 0.4) is 0 Å². The Kier molecular flexibility index (Phi) is 7.09. The second-order valence-corrected chi connectivity index (χ2v) is 8.60. The molecule has 2 atom stereocenters. The van der Waals surface area contributed by atoms with Crippen LogP contribution in [0.5, 0.6) is 5.75 Å². The van der Waals surface area contributed by atoms with Crippen molar-refractivity contribution in [3.05, 3.63) is 42.1 Å². The quantitative estimate of drug-likeness (QED) is 0.710. The Balaban J connectivity index is 1.32. The molecular weight excluding hydrogens is 406 g/mol. The van der Waals surface area contributed by atoms with Gasteiger partial charge >= 0.3 is 0 Å². The maximum Gasteiger partial charge on any atom is 0.227 e. The molecule has 1 amide bonds. The Hall–Kier alpha value is -2.87. The van der Waals surface area contributed by atoms with Crippen molar-refractivity contribution < 1.29 is 14.3 Å². The third kappa shape index (κ3) is 5.48. The summed E-state index contributed by atoms with van der Waals surface area (Å²) in [4.78, 5) is 25.1. The number of methoxy groups -OCH3 is 1. The van der Waals surface area contributed by atoms with E-state index < -0.39 is 0 Å². The van der Waals surface area contributed by atoms with Gasteiger partial charge in [-0.2, -0.15) is 4.98 Å². The summed E-state index contributed by atoms with van der Waals surface area (Å²) < 4.78 is 11.7. The van der Waals surface area contributed by atoms with Crippen LogP contribution in [0.1, 0.15) is 44.7 Å². The number of carbonyl (C=O) groups is 1. The number of hydrogen-bond acceptors (Lipinski definition) is 7. The van der Waals surface area contributed by atoms with E-state index in [0.29, 0.717) is 6.10 Å². The lowest BCUT2D eigenvalue weighted by atomic mass is 10.1. The first-order chi connectivity index (χ1) is 15.5. The number of piperidine rings is 1. The van der Waals surface area contributed by atoms with Gasteiger partial charge in [-0.25, -0.2) is 4.98 Å². The van der Waals surface area contributed by atoms with Crippen molar-refractivity contribution in [2.75, 3.05) is 43.1 Å². The number of amides is 1. The minimum absolute atomic E-state index is 0.0178. The predicted octanol–water partition coefficient (Wildman–Crippen LogP) is 2.95. The Morgan fingerprint density at radius 1 is 1.06 bits per heavy atom. The number of nitrogens with zero attached hydrogens (tertiary/aromatic N) is 4. The van der Waals surface area contributed by atoms with Gasteiger partial charge in [0.15, 0.2) is 0 Å². The zero-order valence-electron chi connectivity index (χ0n) is 19.2. The van der Waals surface area contributed by atoms with Crippen LogP contribution in [0.2, 0.25) is 0 Å². The largest absolute Gasteiger partial charge is 0.489 e. The summed E-state index contributed by atoms with van der Waals surface area (Å²) in [6.45, 7) is 7.05. The highest BCUT2D eigenvalue weighted by Gasteiger charge is 2.26. The van der Waals surface area contributed by atoms with Crippen molar-refractivity contribution in [3.63, 3.8) is 0 Å². The molecule has 0 aliphatic carbocycles. The second-order valence-electron chi connectivity index (χ2n) is 8.60. The number of carbonyl (C=O) groups excluding carboxylic acids is 1. The first kappa shape index (κ1) is 22.3. The highest BCUT2D eigenvalue weighted by molar-refractivity contribution is 5.73. The lowest BCUT2D eigenvalue weighted by Crippen LogP contribution is -2.37. The van der Waals surface area contributed by atoms with Gasteiger partial charge < -0.3 is 24.6 Å². The molecule has 0 bridgehead atoms. The molecule has 2 fully saturated rings. The molecule has 3 heterocycles. The lowest BCUT2D eigenvalue weighted by molar-refractivity contribution is -0.119. The van der Waals surface area contributed by atoms with Gasteiger partial charge in [0.25, 0.3) is 0 Å². The fourth-order valence-electron chi connectivity index (χ4n) is 4.41. The Bertz CT molecular complexity index is 899. The zero-order chi connectivity index (χ0) is 22.5. The van der Waals surface area contributed by atoms with E-state index in [2.05, 4.69) is 20.1 Å². The first-order valence-corrected chi connectivity index (χ1v) is 11.4. The molecule has 2 saturated heterocycles. The van der Waals surface area contributed by atoms with Gasteiger partial charge in [0.05, 0.1) is 18.7 Å². The van der Waals surface area contributed by atoms with Crippen LogP contribution in [0, 0.1) is 0 Å². The number of rotatable bonds is 7. The summed E-state index contributed by atoms with van der Waals surface area (Å²) in [7, 11) is 1.78. The summed E-state index contributed by atoms with van der Waals surface area (Å²) in [5, 5.41) is 2.90. The monoisotopic (exact) mass is 439 g/mol. The van der Waals surface area contributed by atoms with Crippen LogP contribution in [0.15, 0.2) is 36.5 Å². The number of anilines is 2. The van der Waals surface area contributed by atoms with Gasteiger partial charge in [-0.05, 0) is 43.5 Å². The number of nitrogens with one attached hydrogen (secondary N) is 1. The first-order valence-electron chi connectivity index (χ1n) is 11.4. The molecule has 32 heavy (non-hydrogen) atoms. The molecular formula is C24H33N5O3. The highest BCUT2D eigenvalue weighted by atomic mass is 16.5. The van der Waals surface area contributed by atoms with Crippen LogP contribution in [0.25, 0.3) is 0 Å². The molecule has 0 spiro atoms. The van der Waals surface area contributed by atoms with E-state index in [1.807, 2.05) is 43.5 Å². The Labute approximate surface area is 189 Å². The molecule has 1 N–H and O–H groups in total. The Morgan fingerprint density at radius 2 is 1.75 bits per heavy atom. The molecule has 1 aromatic carbocycles. The molecule has 8 heteroatoms. The topological polar surface area (TPSA) is 79.8 Å². The molecule has 1 aromatic heterocycles. The fourth-order valence-corrected chi connectivity index (χ4v) is 4.41. The van der Waals surface area contributed by atoms with Gasteiger partial charge in [0, 0.05) is 46.3 Å². The van der Waals surface area contributed by atoms with Gasteiger partial charge in [-0.15, -0.1) is 0 Å². The molecule has 2 aliphatic rings. The summed E-state index contributed by atoms with van der Waals surface area (Å²) in [6.07, 6.45) is 5.27. The van der Waals surface area contributed by atoms with E-state index in [-0.39, 0.29) is 18.1 Å². The van der Waals surface area contributed by atoms with E-state index in [1.165, 1.54) is 6.92 Å². The average Bonchev–Trinajstić information content (AvgIpc) is 3.28. The summed E-state index contributed by atoms with van der Waals surface area (Å²) in [6, 6.07) is 9.92. The maximum absolute atomic E-state index is 11.3. The molecule has 8 nitrogen and oxygen atoms in total. The highest BCUT2D eigenvalue weighted by Crippen LogP contribution is 2.25. The van der Waals surface area contributed by atoms with Crippen molar-refractivity contribution in [3.8, 4) is 5.75 Å². The third-order valence-corrected chi connectivity index (χ3v) is 6.26. The van der Waals surface area contributed by atoms with Crippen molar-refractivity contribution in [1.29, 1.82) is 0 Å². The van der Waals surface area contributed by atoms with E-state index in [9.17, 15) is 4.79 Å². The molecule has 0 radical (unpaired) electrons. The fraction of sp³-hybridized carbons (Fsp3) is 0.542. The van der Waals surface area contributed by atoms with Crippen molar-refractivity contribution >= 4 is 17.7 Å². The van der Waals surface area contributed by atoms with E-state index >= 15 is 0 Å². The second kappa shape index (κ2) is 10.2. The van der Waals surface area contributed by atoms with Crippen molar-refractivity contribution in [2.24, 2.45) is 0 Å². The predicted molar refractivity (Wildman–Crippen MR) is 124 cm³/mol. The normalized spacial score (nSPS) is 20.3. The van der Waals surface area contributed by atoms with Gasteiger partial charge in [0.1, 0.15) is 17.7 Å². The summed E-state index contributed by atoms with van der Waals surface area (Å²) >= 11 is 0. The van der Waals surface area contributed by atoms with Crippen molar-refractivity contribution in [1.82, 2.24) is 15.3 Å². The van der Waals surface area contributed by atoms with Crippen LogP contribution < -0.4 is 19.9 Å². The number of benzene rings is 1. The molecule has 4 rings (SSSR count). The van der Waals surface area contributed by atoms with E-state index in [0.717, 1.165) is 68.5 Å². The van der Waals surface area contributed by atoms with Crippen LogP contribution in [-0.2, 0) is 9.53 Å². The summed E-state index contributed by atoms with van der Waals surface area (Å²) in [5.74, 6) is 2.57. The SMILES string of the molecule is COC1CCN(c2nccc(N3CC[C@@H](Oc4ccc([C@H](C)NC(C)=O)cc4)C3)n2)CC1. The average molecular weight is 440 g/mol. The molecule has 0 saturated carbocycles. The van der Waals surface area contributed by atoms with Gasteiger partial charge in [0.2, 0.25) is 11.9 Å². The van der Waals surface area contributed by atoms with Crippen LogP contribution >= 0.6 is 0 Å². The van der Waals surface area contributed by atoms with Crippen molar-refractivity contribution in [2.45, 2.75) is 51.4 Å². The smallest absolute Gasteiger partial charge is 0.227 e. The number of ether oxygens (including phenoxy) is 2. The van der Waals surface area contributed by atoms with E-state index in [4.69, 9.17) is 14.5 Å². The van der Waals surface area contributed by atoms with Gasteiger partial charge in [-0.3, -0.25) is 4.79 Å². The molecule has 0 unspecified atom stereocenters. The molecule has 2 aromatic rings. The minimum atomic E-state index is -0.0313. The van der Waals surface area contributed by atoms with E-state index in [1.54, 1.807) is 7.11 Å². The Morgan fingerprint density at radius 3 is 2.44 bits per heavy atom. The standard InChI is InChI=1S/C24H33N5O3/c1-17(26-18(2)30)19-4-6-21(7-5-19)32-22-11-15-29(16-22)23-8-12-25-24(27-23)28-13-9-20(31-3)10-14-28/h4-8,12,17,20,22H,9-11,13-16H2,1-3H3,(H,26,30)/t17-,22+/m0/s1. The number of hydrogen-bond donors (Lipinski definition) is 1. The van der Waals surface area contributed by atoms with Crippen LogP contribution in [-0.4, -0.2) is 61.4 Å². The third-order valence-electron chi connectivity index (χ3n) is 6.26. The maximum atomic E-state index is 11.3. The molecule has 172 valence electrons. The summed E-state index contributed by atoms with van der Waals surface area (Å²) in [5.41, 5.74) is 1.06. The molecule has 2 aliphatic heterocycles. The zero-order valence-corrected chi connectivity index (χ0v) is 19.2. The van der Waals surface area contributed by atoms with Gasteiger partial charge in [-0.1, -0.05) is 12.1 Å². The lowest BCUT2D eigenvalue weighted by Gasteiger charge is -2.31. The number of aromatic nitrogens is 2. The minimum Gasteiger partial charge on any atom is -0.489 e. The van der Waals surface area contributed by atoms with Crippen LogP contribution in [0.4, 0.5) is 11.8 Å².